The zero-order valence-corrected chi connectivity index (χ0v) is 17.6. The SMILES string of the molecule is Cc1cc(C)c(NC(=O)/C=C/c2ccc(OCc3ccc(Cl)cc3)cc2)c(C)c1. The summed E-state index contributed by atoms with van der Waals surface area (Å²) in [5, 5.41) is 3.68. The molecule has 0 aromatic heterocycles. The van der Waals surface area contributed by atoms with E-state index in [-0.39, 0.29) is 5.91 Å². The van der Waals surface area contributed by atoms with E-state index >= 15 is 0 Å². The third-order valence-corrected chi connectivity index (χ3v) is 4.80. The van der Waals surface area contributed by atoms with Crippen LogP contribution in [0.4, 0.5) is 5.69 Å². The molecule has 0 spiro atoms. The molecule has 3 rings (SSSR count). The molecule has 0 saturated carbocycles. The van der Waals surface area contributed by atoms with Crippen LogP contribution < -0.4 is 10.1 Å². The van der Waals surface area contributed by atoms with Crippen molar-refractivity contribution < 1.29 is 9.53 Å². The van der Waals surface area contributed by atoms with Crippen molar-refractivity contribution in [1.29, 1.82) is 0 Å². The van der Waals surface area contributed by atoms with Gasteiger partial charge in [-0.1, -0.05) is 53.6 Å². The molecule has 1 amide bonds. The molecular weight excluding hydrogens is 382 g/mol. The number of ether oxygens (including phenoxy) is 1. The molecule has 0 aliphatic carbocycles. The molecule has 0 aliphatic rings. The van der Waals surface area contributed by atoms with E-state index in [1.807, 2.05) is 69.3 Å². The zero-order valence-electron chi connectivity index (χ0n) is 16.8. The summed E-state index contributed by atoms with van der Waals surface area (Å²) >= 11 is 5.89. The number of rotatable bonds is 6. The molecule has 0 unspecified atom stereocenters. The Labute approximate surface area is 177 Å². The molecule has 1 N–H and O–H groups in total. The number of anilines is 1. The second-order valence-electron chi connectivity index (χ2n) is 7.08. The molecule has 0 aliphatic heterocycles. The minimum Gasteiger partial charge on any atom is -0.489 e. The molecular formula is C25H24ClNO2. The molecule has 0 fully saturated rings. The van der Waals surface area contributed by atoms with Gasteiger partial charge in [0.2, 0.25) is 5.91 Å². The number of carbonyl (C=O) groups is 1. The van der Waals surface area contributed by atoms with Gasteiger partial charge in [0.15, 0.2) is 0 Å². The first kappa shape index (κ1) is 20.7. The summed E-state index contributed by atoms with van der Waals surface area (Å²) in [7, 11) is 0. The summed E-state index contributed by atoms with van der Waals surface area (Å²) in [6.07, 6.45) is 3.33. The lowest BCUT2D eigenvalue weighted by molar-refractivity contribution is -0.111. The summed E-state index contributed by atoms with van der Waals surface area (Å²) in [6, 6.07) is 19.3. The number of aryl methyl sites for hydroxylation is 3. The first-order chi connectivity index (χ1) is 13.9. The fourth-order valence-corrected chi connectivity index (χ4v) is 3.26. The maximum atomic E-state index is 12.3. The van der Waals surface area contributed by atoms with E-state index in [4.69, 9.17) is 16.3 Å². The molecule has 0 radical (unpaired) electrons. The Morgan fingerprint density at radius 3 is 2.21 bits per heavy atom. The zero-order chi connectivity index (χ0) is 20.8. The van der Waals surface area contributed by atoms with Crippen molar-refractivity contribution in [1.82, 2.24) is 0 Å². The Morgan fingerprint density at radius 1 is 0.966 bits per heavy atom. The molecule has 29 heavy (non-hydrogen) atoms. The number of hydrogen-bond acceptors (Lipinski definition) is 2. The van der Waals surface area contributed by atoms with Crippen molar-refractivity contribution in [3.05, 3.63) is 99.6 Å². The van der Waals surface area contributed by atoms with Crippen molar-refractivity contribution in [2.45, 2.75) is 27.4 Å². The second-order valence-corrected chi connectivity index (χ2v) is 7.52. The Morgan fingerprint density at radius 2 is 1.59 bits per heavy atom. The highest BCUT2D eigenvalue weighted by Crippen LogP contribution is 2.22. The minimum absolute atomic E-state index is 0.150. The quantitative estimate of drug-likeness (QED) is 0.475. The van der Waals surface area contributed by atoms with Crippen molar-refractivity contribution in [3.8, 4) is 5.75 Å². The fourth-order valence-electron chi connectivity index (χ4n) is 3.14. The lowest BCUT2D eigenvalue weighted by Crippen LogP contribution is -2.10. The summed E-state index contributed by atoms with van der Waals surface area (Å²) < 4.78 is 5.78. The first-order valence-electron chi connectivity index (χ1n) is 9.45. The summed E-state index contributed by atoms with van der Waals surface area (Å²) in [5.74, 6) is 0.621. The molecule has 0 saturated heterocycles. The number of benzene rings is 3. The Balaban J connectivity index is 1.57. The standard InChI is InChI=1S/C25H24ClNO2/c1-17-14-18(2)25(19(3)15-17)27-24(28)13-8-20-6-11-23(12-7-20)29-16-21-4-9-22(26)10-5-21/h4-15H,16H2,1-3H3,(H,27,28)/b13-8+. The fraction of sp³-hybridized carbons (Fsp3) is 0.160. The van der Waals surface area contributed by atoms with Gasteiger partial charge in [-0.05, 0) is 73.4 Å². The van der Waals surface area contributed by atoms with Gasteiger partial charge >= 0.3 is 0 Å². The number of halogens is 1. The lowest BCUT2D eigenvalue weighted by atomic mass is 10.1. The molecule has 4 heteroatoms. The normalized spacial score (nSPS) is 10.9. The van der Waals surface area contributed by atoms with Crippen molar-refractivity contribution in [2.75, 3.05) is 5.32 Å². The van der Waals surface area contributed by atoms with Crippen LogP contribution in [0.1, 0.15) is 27.8 Å². The smallest absolute Gasteiger partial charge is 0.248 e. The summed E-state index contributed by atoms with van der Waals surface area (Å²) in [4.78, 5) is 12.3. The Bertz CT molecular complexity index is 999. The predicted molar refractivity (Wildman–Crippen MR) is 121 cm³/mol. The van der Waals surface area contributed by atoms with Crippen molar-refractivity contribution in [3.63, 3.8) is 0 Å². The molecule has 3 nitrogen and oxygen atoms in total. The summed E-state index contributed by atoms with van der Waals surface area (Å²) in [5.41, 5.74) is 6.16. The number of carbonyl (C=O) groups excluding carboxylic acids is 1. The molecule has 3 aromatic rings. The van der Waals surface area contributed by atoms with E-state index in [0.717, 1.165) is 33.7 Å². The van der Waals surface area contributed by atoms with E-state index in [9.17, 15) is 4.79 Å². The van der Waals surface area contributed by atoms with Gasteiger partial charge in [0, 0.05) is 16.8 Å². The maximum absolute atomic E-state index is 12.3. The first-order valence-corrected chi connectivity index (χ1v) is 9.83. The van der Waals surface area contributed by atoms with Crippen LogP contribution in [0.3, 0.4) is 0 Å². The van der Waals surface area contributed by atoms with Crippen LogP contribution in [-0.4, -0.2) is 5.91 Å². The van der Waals surface area contributed by atoms with E-state index in [1.165, 1.54) is 5.56 Å². The Kier molecular flexibility index (Phi) is 6.73. The number of nitrogens with one attached hydrogen (secondary N) is 1. The highest BCUT2D eigenvalue weighted by atomic mass is 35.5. The van der Waals surface area contributed by atoms with Crippen LogP contribution in [0.15, 0.2) is 66.7 Å². The second kappa shape index (κ2) is 9.44. The molecule has 0 atom stereocenters. The third-order valence-electron chi connectivity index (χ3n) is 4.55. The minimum atomic E-state index is -0.150. The van der Waals surface area contributed by atoms with Gasteiger partial charge in [0.05, 0.1) is 0 Å². The van der Waals surface area contributed by atoms with Gasteiger partial charge in [-0.25, -0.2) is 0 Å². The van der Waals surface area contributed by atoms with E-state index in [0.29, 0.717) is 11.6 Å². The Hall–Kier alpha value is -3.04. The average molecular weight is 406 g/mol. The van der Waals surface area contributed by atoms with E-state index in [1.54, 1.807) is 12.2 Å². The van der Waals surface area contributed by atoms with Crippen LogP contribution in [0.2, 0.25) is 5.02 Å². The molecule has 148 valence electrons. The van der Waals surface area contributed by atoms with Gasteiger partial charge in [0.1, 0.15) is 12.4 Å². The van der Waals surface area contributed by atoms with Crippen LogP contribution in [0, 0.1) is 20.8 Å². The van der Waals surface area contributed by atoms with Crippen LogP contribution in [0.5, 0.6) is 5.75 Å². The lowest BCUT2D eigenvalue weighted by Gasteiger charge is -2.11. The topological polar surface area (TPSA) is 38.3 Å². The maximum Gasteiger partial charge on any atom is 0.248 e. The predicted octanol–water partition coefficient (Wildman–Crippen LogP) is 6.50. The van der Waals surface area contributed by atoms with E-state index in [2.05, 4.69) is 17.4 Å². The molecule has 3 aromatic carbocycles. The van der Waals surface area contributed by atoms with Gasteiger partial charge in [-0.15, -0.1) is 0 Å². The van der Waals surface area contributed by atoms with E-state index < -0.39 is 0 Å². The summed E-state index contributed by atoms with van der Waals surface area (Å²) in [6.45, 7) is 6.53. The largest absolute Gasteiger partial charge is 0.489 e. The van der Waals surface area contributed by atoms with Crippen molar-refractivity contribution >= 4 is 29.3 Å². The molecule has 0 bridgehead atoms. The number of amides is 1. The van der Waals surface area contributed by atoms with Crippen LogP contribution >= 0.6 is 11.6 Å². The van der Waals surface area contributed by atoms with Crippen LogP contribution in [0.25, 0.3) is 6.08 Å². The monoisotopic (exact) mass is 405 g/mol. The molecule has 0 heterocycles. The van der Waals surface area contributed by atoms with Gasteiger partial charge in [-0.3, -0.25) is 4.79 Å². The highest BCUT2D eigenvalue weighted by Gasteiger charge is 2.06. The van der Waals surface area contributed by atoms with Crippen molar-refractivity contribution in [2.24, 2.45) is 0 Å². The van der Waals surface area contributed by atoms with Gasteiger partial charge in [0.25, 0.3) is 0 Å². The third kappa shape index (κ3) is 5.97. The van der Waals surface area contributed by atoms with Gasteiger partial charge < -0.3 is 10.1 Å². The average Bonchev–Trinajstić information content (AvgIpc) is 2.69. The highest BCUT2D eigenvalue weighted by molar-refractivity contribution is 6.30. The van der Waals surface area contributed by atoms with Crippen LogP contribution in [-0.2, 0) is 11.4 Å². The van der Waals surface area contributed by atoms with Gasteiger partial charge in [-0.2, -0.15) is 0 Å². The number of hydrogen-bond donors (Lipinski definition) is 1.